The third-order valence-corrected chi connectivity index (χ3v) is 4.38. The number of halogens is 1. The average molecular weight is 265 g/mol. The third-order valence-electron chi connectivity index (χ3n) is 4.38. The predicted octanol–water partition coefficient (Wildman–Crippen LogP) is 3.42. The molecule has 106 valence electrons. The SMILES string of the molecule is CC(NCC1(CO)CCCCC1)c1cccc(F)c1. The highest BCUT2D eigenvalue weighted by Gasteiger charge is 2.31. The summed E-state index contributed by atoms with van der Waals surface area (Å²) in [4.78, 5) is 0. The van der Waals surface area contributed by atoms with Crippen LogP contribution in [0.2, 0.25) is 0 Å². The summed E-state index contributed by atoms with van der Waals surface area (Å²) in [7, 11) is 0. The van der Waals surface area contributed by atoms with Gasteiger partial charge in [0, 0.05) is 24.6 Å². The first-order chi connectivity index (χ1) is 9.15. The van der Waals surface area contributed by atoms with Crippen LogP contribution in [0.3, 0.4) is 0 Å². The molecule has 2 N–H and O–H groups in total. The van der Waals surface area contributed by atoms with Gasteiger partial charge in [-0.1, -0.05) is 31.4 Å². The molecular weight excluding hydrogens is 241 g/mol. The lowest BCUT2D eigenvalue weighted by atomic mass is 9.74. The average Bonchev–Trinajstić information content (AvgIpc) is 2.46. The van der Waals surface area contributed by atoms with Crippen molar-refractivity contribution in [1.29, 1.82) is 0 Å². The molecule has 2 rings (SSSR count). The van der Waals surface area contributed by atoms with E-state index in [1.54, 1.807) is 12.1 Å². The first-order valence-corrected chi connectivity index (χ1v) is 7.25. The molecular formula is C16H24FNO. The summed E-state index contributed by atoms with van der Waals surface area (Å²) in [5, 5.41) is 13.1. The second-order valence-corrected chi connectivity index (χ2v) is 5.88. The van der Waals surface area contributed by atoms with E-state index in [9.17, 15) is 9.50 Å². The number of nitrogens with one attached hydrogen (secondary N) is 1. The van der Waals surface area contributed by atoms with Crippen LogP contribution in [0.1, 0.15) is 50.6 Å². The molecule has 0 radical (unpaired) electrons. The van der Waals surface area contributed by atoms with E-state index in [2.05, 4.69) is 5.32 Å². The molecule has 1 aliphatic carbocycles. The minimum absolute atomic E-state index is 0.0276. The Hall–Kier alpha value is -0.930. The number of rotatable bonds is 5. The molecule has 0 amide bonds. The maximum atomic E-state index is 13.2. The fourth-order valence-corrected chi connectivity index (χ4v) is 2.96. The highest BCUT2D eigenvalue weighted by atomic mass is 19.1. The van der Waals surface area contributed by atoms with Crippen LogP contribution >= 0.6 is 0 Å². The first-order valence-electron chi connectivity index (χ1n) is 7.25. The van der Waals surface area contributed by atoms with Crippen molar-refractivity contribution >= 4 is 0 Å². The van der Waals surface area contributed by atoms with Gasteiger partial charge in [-0.15, -0.1) is 0 Å². The molecule has 0 saturated heterocycles. The second kappa shape index (κ2) is 6.49. The zero-order valence-electron chi connectivity index (χ0n) is 11.7. The van der Waals surface area contributed by atoms with Crippen LogP contribution in [0, 0.1) is 11.2 Å². The van der Waals surface area contributed by atoms with E-state index in [0.29, 0.717) is 0 Å². The van der Waals surface area contributed by atoms with Gasteiger partial charge in [-0.3, -0.25) is 0 Å². The molecule has 0 spiro atoms. The van der Waals surface area contributed by atoms with Gasteiger partial charge in [0.15, 0.2) is 0 Å². The van der Waals surface area contributed by atoms with Crippen LogP contribution in [0.4, 0.5) is 4.39 Å². The van der Waals surface area contributed by atoms with Gasteiger partial charge in [-0.05, 0) is 37.5 Å². The molecule has 1 unspecified atom stereocenters. The Labute approximate surface area is 115 Å². The normalized spacial score (nSPS) is 20.2. The summed E-state index contributed by atoms with van der Waals surface area (Å²) in [5.41, 5.74) is 0.990. The van der Waals surface area contributed by atoms with Gasteiger partial charge >= 0.3 is 0 Å². The van der Waals surface area contributed by atoms with Gasteiger partial charge in [0.05, 0.1) is 0 Å². The molecule has 0 aliphatic heterocycles. The van der Waals surface area contributed by atoms with Crippen molar-refractivity contribution in [3.8, 4) is 0 Å². The van der Waals surface area contributed by atoms with Gasteiger partial charge in [0.25, 0.3) is 0 Å². The Kier molecular flexibility index (Phi) is 4.94. The fourth-order valence-electron chi connectivity index (χ4n) is 2.96. The van der Waals surface area contributed by atoms with Crippen molar-refractivity contribution < 1.29 is 9.50 Å². The van der Waals surface area contributed by atoms with Gasteiger partial charge in [0.2, 0.25) is 0 Å². The maximum absolute atomic E-state index is 13.2. The van der Waals surface area contributed by atoms with E-state index in [0.717, 1.165) is 24.9 Å². The summed E-state index contributed by atoms with van der Waals surface area (Å²) in [6.07, 6.45) is 5.87. The van der Waals surface area contributed by atoms with Crippen molar-refractivity contribution in [2.45, 2.75) is 45.1 Å². The summed E-state index contributed by atoms with van der Waals surface area (Å²) in [6, 6.07) is 6.83. The van der Waals surface area contributed by atoms with Crippen LogP contribution in [-0.2, 0) is 0 Å². The van der Waals surface area contributed by atoms with Gasteiger partial charge in [-0.2, -0.15) is 0 Å². The molecule has 0 bridgehead atoms. The maximum Gasteiger partial charge on any atom is 0.123 e. The van der Waals surface area contributed by atoms with E-state index in [-0.39, 0.29) is 23.9 Å². The molecule has 1 aromatic carbocycles. The summed E-state index contributed by atoms with van der Waals surface area (Å²) >= 11 is 0. The zero-order chi connectivity index (χ0) is 13.7. The Balaban J connectivity index is 1.93. The van der Waals surface area contributed by atoms with Crippen LogP contribution in [-0.4, -0.2) is 18.3 Å². The van der Waals surface area contributed by atoms with Crippen molar-refractivity contribution in [3.63, 3.8) is 0 Å². The molecule has 1 aromatic rings. The topological polar surface area (TPSA) is 32.3 Å². The Bertz CT molecular complexity index is 401. The van der Waals surface area contributed by atoms with Crippen LogP contribution in [0.15, 0.2) is 24.3 Å². The lowest BCUT2D eigenvalue weighted by Crippen LogP contribution is -2.40. The number of hydrogen-bond donors (Lipinski definition) is 2. The third kappa shape index (κ3) is 3.77. The lowest BCUT2D eigenvalue weighted by molar-refractivity contribution is 0.0788. The van der Waals surface area contributed by atoms with Crippen molar-refractivity contribution in [2.24, 2.45) is 5.41 Å². The monoisotopic (exact) mass is 265 g/mol. The molecule has 19 heavy (non-hydrogen) atoms. The van der Waals surface area contributed by atoms with E-state index in [4.69, 9.17) is 0 Å². The van der Waals surface area contributed by atoms with E-state index < -0.39 is 0 Å². The van der Waals surface area contributed by atoms with Crippen LogP contribution < -0.4 is 5.32 Å². The lowest BCUT2D eigenvalue weighted by Gasteiger charge is -2.36. The number of benzene rings is 1. The minimum Gasteiger partial charge on any atom is -0.396 e. The highest BCUT2D eigenvalue weighted by Crippen LogP contribution is 2.35. The predicted molar refractivity (Wildman–Crippen MR) is 75.4 cm³/mol. The quantitative estimate of drug-likeness (QED) is 0.855. The summed E-state index contributed by atoms with van der Waals surface area (Å²) in [6.45, 7) is 3.10. The number of hydrogen-bond acceptors (Lipinski definition) is 2. The summed E-state index contributed by atoms with van der Waals surface area (Å²) < 4.78 is 13.2. The van der Waals surface area contributed by atoms with Gasteiger partial charge < -0.3 is 10.4 Å². The smallest absolute Gasteiger partial charge is 0.123 e. The van der Waals surface area contributed by atoms with Crippen molar-refractivity contribution in [3.05, 3.63) is 35.6 Å². The van der Waals surface area contributed by atoms with Crippen LogP contribution in [0.5, 0.6) is 0 Å². The molecule has 1 atom stereocenters. The standard InChI is InChI=1S/C16H24FNO/c1-13(14-6-5-7-15(17)10-14)18-11-16(12-19)8-3-2-4-9-16/h5-7,10,13,18-19H,2-4,8-9,11-12H2,1H3. The van der Waals surface area contributed by atoms with Crippen molar-refractivity contribution in [2.75, 3.05) is 13.2 Å². The highest BCUT2D eigenvalue weighted by molar-refractivity contribution is 5.19. The first kappa shape index (κ1) is 14.5. The fraction of sp³-hybridized carbons (Fsp3) is 0.625. The molecule has 0 aromatic heterocycles. The minimum atomic E-state index is -0.194. The van der Waals surface area contributed by atoms with Crippen LogP contribution in [0.25, 0.3) is 0 Å². The zero-order valence-corrected chi connectivity index (χ0v) is 11.7. The Morgan fingerprint density at radius 3 is 2.68 bits per heavy atom. The number of aliphatic hydroxyl groups is 1. The molecule has 1 saturated carbocycles. The molecule has 1 aliphatic rings. The van der Waals surface area contributed by atoms with Gasteiger partial charge in [0.1, 0.15) is 5.82 Å². The molecule has 1 fully saturated rings. The van der Waals surface area contributed by atoms with E-state index in [1.807, 2.05) is 13.0 Å². The van der Waals surface area contributed by atoms with Crippen molar-refractivity contribution in [1.82, 2.24) is 5.32 Å². The largest absolute Gasteiger partial charge is 0.396 e. The van der Waals surface area contributed by atoms with Gasteiger partial charge in [-0.25, -0.2) is 4.39 Å². The molecule has 2 nitrogen and oxygen atoms in total. The second-order valence-electron chi connectivity index (χ2n) is 5.88. The molecule has 3 heteroatoms. The Morgan fingerprint density at radius 1 is 1.32 bits per heavy atom. The molecule has 0 heterocycles. The number of aliphatic hydroxyl groups excluding tert-OH is 1. The summed E-state index contributed by atoms with van der Waals surface area (Å²) in [5.74, 6) is -0.194. The van der Waals surface area contributed by atoms with E-state index >= 15 is 0 Å². The Morgan fingerprint density at radius 2 is 2.05 bits per heavy atom. The van der Waals surface area contributed by atoms with E-state index in [1.165, 1.54) is 25.3 Å².